The van der Waals surface area contributed by atoms with Gasteiger partial charge < -0.3 is 4.42 Å². The average Bonchev–Trinajstić information content (AvgIpc) is 1.73. The van der Waals surface area contributed by atoms with Crippen LogP contribution in [0.15, 0.2) is 335 Å². The van der Waals surface area contributed by atoms with Gasteiger partial charge in [-0.05, 0) is 247 Å². The lowest BCUT2D eigenvalue weighted by Gasteiger charge is -2.18. The van der Waals surface area contributed by atoms with Gasteiger partial charge in [0.25, 0.3) is 0 Å². The van der Waals surface area contributed by atoms with Crippen molar-refractivity contribution in [3.05, 3.63) is 399 Å². The van der Waals surface area contributed by atoms with Gasteiger partial charge in [-0.25, -0.2) is 15.0 Å². The zero-order valence-corrected chi connectivity index (χ0v) is 100. The number of pyridine rings is 4. The van der Waals surface area contributed by atoms with Gasteiger partial charge in [-0.1, -0.05) is 376 Å². The first-order valence-electron chi connectivity index (χ1n) is 53.0. The van der Waals surface area contributed by atoms with Gasteiger partial charge in [-0.2, -0.15) is 21.5 Å². The molecule has 148 heavy (non-hydrogen) atoms. The fourth-order valence-electron chi connectivity index (χ4n) is 12.8. The summed E-state index contributed by atoms with van der Waals surface area (Å²) in [6.07, 6.45) is 40.9. The predicted octanol–water partition coefficient (Wildman–Crippen LogP) is 36.7. The minimum absolute atomic E-state index is 0.182. The molecule has 0 amide bonds. The lowest BCUT2D eigenvalue weighted by atomic mass is 9.87. The van der Waals surface area contributed by atoms with E-state index >= 15 is 0 Å². The normalized spacial score (nSPS) is 12.0. The minimum Gasteiger partial charge on any atom is -0.451 e. The fourth-order valence-corrected chi connectivity index (χ4v) is 14.5. The zero-order chi connectivity index (χ0) is 111. The van der Waals surface area contributed by atoms with Gasteiger partial charge in [-0.3, -0.25) is 49.3 Å². The Kier molecular flexibility index (Phi) is 63.9. The molecule has 18 heteroatoms. The highest BCUT2D eigenvalue weighted by Crippen LogP contribution is 2.29. The molecule has 802 valence electrons. The van der Waals surface area contributed by atoms with E-state index in [-0.39, 0.29) is 5.41 Å². The number of fused-ring (bicyclic) bond motifs is 1. The lowest BCUT2D eigenvalue weighted by molar-refractivity contribution is 0.555. The van der Waals surface area contributed by atoms with E-state index in [4.69, 9.17) is 4.42 Å². The molecule has 0 saturated carbocycles. The van der Waals surface area contributed by atoms with Gasteiger partial charge in [0.1, 0.15) is 12.6 Å². The van der Waals surface area contributed by atoms with Crippen molar-refractivity contribution in [1.29, 1.82) is 0 Å². The third-order valence-electron chi connectivity index (χ3n) is 22.9. The van der Waals surface area contributed by atoms with Crippen LogP contribution in [0.4, 0.5) is 0 Å². The third-order valence-corrected chi connectivity index (χ3v) is 24.9. The maximum atomic E-state index is 4.76. The van der Waals surface area contributed by atoms with Crippen LogP contribution >= 0.6 is 22.7 Å². The summed E-state index contributed by atoms with van der Waals surface area (Å²) in [5, 5.41) is 16.2. The van der Waals surface area contributed by atoms with Crippen LogP contribution in [-0.2, 0) is 35.8 Å². The molecule has 0 fully saturated rings. The van der Waals surface area contributed by atoms with Crippen molar-refractivity contribution < 1.29 is 4.42 Å². The van der Waals surface area contributed by atoms with Crippen LogP contribution in [0.1, 0.15) is 394 Å². The van der Waals surface area contributed by atoms with E-state index in [2.05, 4.69) is 484 Å². The Morgan fingerprint density at radius 1 is 0.365 bits per heavy atom. The summed E-state index contributed by atoms with van der Waals surface area (Å²) >= 11 is 3.60. The van der Waals surface area contributed by atoms with Crippen LogP contribution in [0.2, 0.25) is 0 Å². The highest BCUT2D eigenvalue weighted by atomic mass is 32.1. The molecule has 0 unspecified atom stereocenters. The van der Waals surface area contributed by atoms with E-state index in [0.29, 0.717) is 87.3 Å². The van der Waals surface area contributed by atoms with Crippen LogP contribution < -0.4 is 0 Å². The van der Waals surface area contributed by atoms with Crippen molar-refractivity contribution in [2.24, 2.45) is 41.8 Å². The Hall–Kier alpha value is -12.0. The van der Waals surface area contributed by atoms with Crippen molar-refractivity contribution in [1.82, 2.24) is 64.4 Å². The maximum Gasteiger partial charge on any atom is 0.180 e. The van der Waals surface area contributed by atoms with Crippen LogP contribution in [0.5, 0.6) is 0 Å². The second-order valence-electron chi connectivity index (χ2n) is 44.6. The first-order valence-corrected chi connectivity index (χ1v) is 54.9. The molecule has 0 saturated heterocycles. The number of hydrogen-bond donors (Lipinski definition) is 0. The topological polar surface area (TPSA) is 190 Å². The van der Waals surface area contributed by atoms with E-state index < -0.39 is 0 Å². The molecular formula is C130H189N15OS2. The molecule has 11 aromatic heterocycles. The molecule has 1 aliphatic carbocycles. The van der Waals surface area contributed by atoms with Crippen molar-refractivity contribution >= 4 is 45.0 Å². The molecule has 0 spiro atoms. The summed E-state index contributed by atoms with van der Waals surface area (Å²) in [5.41, 5.74) is 23.8. The molecule has 16 nitrogen and oxygen atoms in total. The molecule has 14 aromatic rings. The van der Waals surface area contributed by atoms with Gasteiger partial charge in [-0.15, -0.1) is 11.3 Å². The molecule has 0 N–H and O–H groups in total. The zero-order valence-electron chi connectivity index (χ0n) is 98.4. The molecule has 3 aromatic carbocycles. The number of benzene rings is 3. The van der Waals surface area contributed by atoms with Crippen LogP contribution in [0, 0.1) is 24.7 Å². The number of allylic oxidation sites excluding steroid dienone is 6. The Labute approximate surface area is 905 Å². The summed E-state index contributed by atoms with van der Waals surface area (Å²) in [5.74, 6) is 6.93. The largest absolute Gasteiger partial charge is 0.451 e. The Bertz CT molecular complexity index is 5460. The summed E-state index contributed by atoms with van der Waals surface area (Å²) in [6.45, 7) is 84.4. The molecule has 0 atom stereocenters. The molecule has 3 aliphatic rings. The number of aryl methyl sites for hydroxylation is 3. The van der Waals surface area contributed by atoms with E-state index in [9.17, 15) is 0 Å². The first-order chi connectivity index (χ1) is 69.6. The monoisotopic (exact) mass is 2040 g/mol. The van der Waals surface area contributed by atoms with E-state index in [0.717, 1.165) is 47.8 Å². The standard InChI is InChI=1S/C12H13N.C10H14.C9H13N.C9H12.C8H14N2.C8H13N.2C8H11N.2C8H12S.C8H12.C7H10N2.C7H12N2.C7H10N2.C7H11N.C6H9NO/c1-9(2)11-7-10-5-3-4-6-12(10)13-8-11;1-10(2,3)9-7-5-4-6-8-9;1-9(2,3)8-6-4-5-7-10-8;1-8(2)9-6-4-3-5-7-9;1-6(2)8-5-7(3)10(4)9-8;1-6(2)8-4-7(3)5-9-8;1-7(2)8-3-5-9-6-4-8;1-7(2)8-4-3-5-9-6-8;1-8(2,3)7-4-5-9-6-7;1-8(2,3)7-5-4-6-9-7;1-7(2)8-5-3-4-6-8;1-6(2)7-3-8-5-9-4-7;1-6(2)7-4-5-9(3)8-7;1-6(2)7-5-8-3-4-9-7;1-6(2)7-4-3-5-8-7;1-5(2)6-3-8-4-7-6/h3-9H,1-2H3;4-8H,1-3H3;4-7H,1-3H3;3-8H,1-2H3;5-6H,1-4H3;4,6H,5H2,1-3H3;2*3-7H,1-2H3;2*4-6H,1-3H3;3,5-7H,4H2,1-2H3;3-6H,1-2H3;4-6H,1-3H3;3-6H,1-2H3;3-4,6H,5H2,1-2H3;3-5H,1-2H3. The lowest BCUT2D eigenvalue weighted by Crippen LogP contribution is -2.12. The molecule has 2 aliphatic heterocycles. The second-order valence-corrected chi connectivity index (χ2v) is 46.3. The summed E-state index contributed by atoms with van der Waals surface area (Å²) in [4.78, 5) is 46.4. The first kappa shape index (κ1) is 132. The number of para-hydroxylation sites is 1. The van der Waals surface area contributed by atoms with Gasteiger partial charge in [0, 0.05) is 127 Å². The minimum atomic E-state index is 0.182. The average molecular weight is 2040 g/mol. The number of oxazole rings is 1. The molecule has 0 bridgehead atoms. The summed E-state index contributed by atoms with van der Waals surface area (Å²) < 4.78 is 8.51. The van der Waals surface area contributed by atoms with E-state index in [1.54, 1.807) is 48.7 Å². The van der Waals surface area contributed by atoms with Gasteiger partial charge >= 0.3 is 0 Å². The Balaban J connectivity index is 0.000000534. The number of hydrogen-bond acceptors (Lipinski definition) is 16. The SMILES string of the molecule is CC(C)(C)c1ccccc1.CC(C)(C)c1ccccn1.CC(C)(C)c1cccs1.CC(C)(C)c1ccsc1.CC(C)C1=CCC=C1.CC(C)C1=NCC=C1.CC(C)c1ccccc1.CC(C)c1cccnc1.CC(C)c1ccn(C)n1.CC(C)c1ccncc1.CC(C)c1cnc2ccccc2c1.CC(C)c1cnccn1.CC(C)c1cncnc1.CC(C)c1cocn1.CC1=CC(C(C)C)=NC1.Cc1cc(C(C)C)nn1C. The summed E-state index contributed by atoms with van der Waals surface area (Å²) in [7, 11) is 3.91. The van der Waals surface area contributed by atoms with Crippen molar-refractivity contribution in [3.8, 4) is 0 Å². The molecule has 17 rings (SSSR count). The van der Waals surface area contributed by atoms with Crippen molar-refractivity contribution in [3.63, 3.8) is 0 Å². The predicted molar refractivity (Wildman–Crippen MR) is 643 cm³/mol. The van der Waals surface area contributed by atoms with E-state index in [1.807, 2.05) is 145 Å². The highest BCUT2D eigenvalue weighted by molar-refractivity contribution is 7.10. The van der Waals surface area contributed by atoms with Crippen LogP contribution in [0.25, 0.3) is 10.9 Å². The number of nitrogens with zero attached hydrogens (tertiary/aromatic N) is 15. The Morgan fingerprint density at radius 3 is 1.23 bits per heavy atom. The third kappa shape index (κ3) is 58.7. The number of aromatic nitrogens is 13. The maximum absolute atomic E-state index is 4.76. The molecular weight excluding hydrogens is 1850 g/mol. The second kappa shape index (κ2) is 71.6. The van der Waals surface area contributed by atoms with Crippen molar-refractivity contribution in [2.45, 2.75) is 344 Å². The molecule has 0 radical (unpaired) electrons. The molecule has 13 heterocycles. The fraction of sp³-hybridized carbons (Fsp3) is 0.454. The van der Waals surface area contributed by atoms with Crippen molar-refractivity contribution in [2.75, 3.05) is 13.1 Å². The van der Waals surface area contributed by atoms with Gasteiger partial charge in [0.2, 0.25) is 0 Å². The van der Waals surface area contributed by atoms with Crippen LogP contribution in [0.3, 0.4) is 0 Å². The van der Waals surface area contributed by atoms with E-state index in [1.165, 1.54) is 89.6 Å². The number of rotatable bonds is 12. The van der Waals surface area contributed by atoms with Gasteiger partial charge in [0.05, 0.1) is 41.4 Å². The quantitative estimate of drug-likeness (QED) is 0.113. The summed E-state index contributed by atoms with van der Waals surface area (Å²) in [6, 6.07) is 56.3. The van der Waals surface area contributed by atoms with Gasteiger partial charge in [0.15, 0.2) is 6.39 Å². The Morgan fingerprint density at radius 2 is 0.919 bits per heavy atom. The number of thiophene rings is 2. The number of aliphatic imine (C=N–C) groups is 2. The van der Waals surface area contributed by atoms with Crippen LogP contribution in [-0.4, -0.2) is 88.9 Å². The smallest absolute Gasteiger partial charge is 0.180 e. The highest BCUT2D eigenvalue weighted by Gasteiger charge is 2.17.